The Bertz CT molecular complexity index is 279. The van der Waals surface area contributed by atoms with Crippen molar-refractivity contribution in [3.8, 4) is 0 Å². The molecule has 1 aromatic rings. The van der Waals surface area contributed by atoms with Gasteiger partial charge in [-0.25, -0.2) is 4.98 Å². The summed E-state index contributed by atoms with van der Waals surface area (Å²) in [6.07, 6.45) is 3.26. The molecule has 15 heavy (non-hydrogen) atoms. The molecule has 0 saturated carbocycles. The lowest BCUT2D eigenvalue weighted by molar-refractivity contribution is 0.120. The van der Waals surface area contributed by atoms with Crippen LogP contribution in [0.3, 0.4) is 0 Å². The summed E-state index contributed by atoms with van der Waals surface area (Å²) in [5.74, 6) is 0. The molecule has 0 N–H and O–H groups in total. The first kappa shape index (κ1) is 12.4. The van der Waals surface area contributed by atoms with E-state index in [0.29, 0.717) is 5.15 Å². The Balaban J connectivity index is 2.31. The number of aromatic nitrogens is 2. The Morgan fingerprint density at radius 3 is 2.80 bits per heavy atom. The van der Waals surface area contributed by atoms with Crippen molar-refractivity contribution < 1.29 is 4.74 Å². The van der Waals surface area contributed by atoms with Crippen molar-refractivity contribution in [2.75, 3.05) is 26.8 Å². The summed E-state index contributed by atoms with van der Waals surface area (Å²) in [5.41, 5.74) is 0.915. The summed E-state index contributed by atoms with van der Waals surface area (Å²) >= 11 is 5.64. The fraction of sp³-hybridized carbons (Fsp3) is 0.600. The number of likely N-dealkylation sites (N-methyl/N-ethyl adjacent to an activating group) is 1. The van der Waals surface area contributed by atoms with Gasteiger partial charge in [0, 0.05) is 19.7 Å². The summed E-state index contributed by atoms with van der Waals surface area (Å²) in [4.78, 5) is 10.3. The second-order valence-corrected chi connectivity index (χ2v) is 3.65. The number of hydrogen-bond acceptors (Lipinski definition) is 4. The van der Waals surface area contributed by atoms with Crippen LogP contribution < -0.4 is 0 Å². The third kappa shape index (κ3) is 5.06. The van der Waals surface area contributed by atoms with Gasteiger partial charge in [-0.15, -0.1) is 0 Å². The van der Waals surface area contributed by atoms with Crippen LogP contribution in [0.15, 0.2) is 12.4 Å². The van der Waals surface area contributed by atoms with Gasteiger partial charge in [0.1, 0.15) is 5.15 Å². The van der Waals surface area contributed by atoms with Crippen molar-refractivity contribution in [3.05, 3.63) is 23.2 Å². The van der Waals surface area contributed by atoms with Crippen LogP contribution in [0.1, 0.15) is 12.6 Å². The highest BCUT2D eigenvalue weighted by molar-refractivity contribution is 6.29. The average molecular weight is 230 g/mol. The zero-order chi connectivity index (χ0) is 11.1. The molecule has 0 radical (unpaired) electrons. The average Bonchev–Trinajstić information content (AvgIpc) is 2.22. The maximum atomic E-state index is 5.64. The van der Waals surface area contributed by atoms with E-state index >= 15 is 0 Å². The van der Waals surface area contributed by atoms with Gasteiger partial charge in [-0.05, 0) is 14.0 Å². The Labute approximate surface area is 95.2 Å². The molecule has 1 heterocycles. The van der Waals surface area contributed by atoms with E-state index in [-0.39, 0.29) is 0 Å². The van der Waals surface area contributed by atoms with Gasteiger partial charge in [-0.2, -0.15) is 0 Å². The Morgan fingerprint density at radius 1 is 1.40 bits per heavy atom. The van der Waals surface area contributed by atoms with E-state index in [4.69, 9.17) is 16.3 Å². The molecule has 4 nitrogen and oxygen atoms in total. The second-order valence-electron chi connectivity index (χ2n) is 3.27. The van der Waals surface area contributed by atoms with E-state index in [0.717, 1.165) is 32.0 Å². The zero-order valence-electron chi connectivity index (χ0n) is 9.11. The van der Waals surface area contributed by atoms with Gasteiger partial charge < -0.3 is 4.74 Å². The lowest BCUT2D eigenvalue weighted by atomic mass is 10.4. The van der Waals surface area contributed by atoms with Crippen LogP contribution in [0.5, 0.6) is 0 Å². The Kier molecular flexibility index (Phi) is 5.53. The summed E-state index contributed by atoms with van der Waals surface area (Å²) in [6, 6.07) is 0. The molecule has 0 aliphatic carbocycles. The van der Waals surface area contributed by atoms with Crippen LogP contribution in [0.4, 0.5) is 0 Å². The molecule has 5 heteroatoms. The predicted molar refractivity (Wildman–Crippen MR) is 59.9 cm³/mol. The van der Waals surface area contributed by atoms with Crippen LogP contribution in [0.25, 0.3) is 0 Å². The van der Waals surface area contributed by atoms with E-state index in [1.54, 1.807) is 12.4 Å². The van der Waals surface area contributed by atoms with Crippen LogP contribution in [0, 0.1) is 0 Å². The number of hydrogen-bond donors (Lipinski definition) is 0. The third-order valence-corrected chi connectivity index (χ3v) is 2.12. The quantitative estimate of drug-likeness (QED) is 0.695. The Hall–Kier alpha value is -0.710. The molecule has 0 aliphatic heterocycles. The molecule has 0 spiro atoms. The summed E-state index contributed by atoms with van der Waals surface area (Å²) in [5, 5.41) is 0.427. The first-order valence-corrected chi connectivity index (χ1v) is 5.33. The lowest BCUT2D eigenvalue weighted by Gasteiger charge is -2.15. The van der Waals surface area contributed by atoms with Crippen LogP contribution >= 0.6 is 11.6 Å². The van der Waals surface area contributed by atoms with Crippen molar-refractivity contribution in [3.63, 3.8) is 0 Å². The topological polar surface area (TPSA) is 38.2 Å². The van der Waals surface area contributed by atoms with Crippen LogP contribution in [0.2, 0.25) is 5.15 Å². The third-order valence-electron chi connectivity index (χ3n) is 1.93. The van der Waals surface area contributed by atoms with Gasteiger partial charge in [-0.1, -0.05) is 11.6 Å². The van der Waals surface area contributed by atoms with E-state index in [9.17, 15) is 0 Å². The van der Waals surface area contributed by atoms with E-state index in [1.807, 2.05) is 14.0 Å². The van der Waals surface area contributed by atoms with E-state index in [2.05, 4.69) is 14.9 Å². The number of rotatable bonds is 6. The van der Waals surface area contributed by atoms with Crippen molar-refractivity contribution in [1.82, 2.24) is 14.9 Å². The molecule has 0 unspecified atom stereocenters. The van der Waals surface area contributed by atoms with Crippen LogP contribution in [-0.2, 0) is 11.3 Å². The fourth-order valence-corrected chi connectivity index (χ4v) is 1.24. The largest absolute Gasteiger partial charge is 0.380 e. The van der Waals surface area contributed by atoms with Gasteiger partial charge >= 0.3 is 0 Å². The highest BCUT2D eigenvalue weighted by Crippen LogP contribution is 2.03. The summed E-state index contributed by atoms with van der Waals surface area (Å²) < 4.78 is 5.26. The highest BCUT2D eigenvalue weighted by atomic mass is 35.5. The minimum atomic E-state index is 0.427. The first-order valence-electron chi connectivity index (χ1n) is 4.95. The van der Waals surface area contributed by atoms with E-state index < -0.39 is 0 Å². The second kappa shape index (κ2) is 6.71. The maximum Gasteiger partial charge on any atom is 0.147 e. The summed E-state index contributed by atoms with van der Waals surface area (Å²) in [6.45, 7) is 5.14. The molecule has 0 amide bonds. The van der Waals surface area contributed by atoms with Gasteiger partial charge in [0.2, 0.25) is 0 Å². The summed E-state index contributed by atoms with van der Waals surface area (Å²) in [7, 11) is 2.02. The molecule has 1 aromatic heterocycles. The molecule has 0 aromatic carbocycles. The highest BCUT2D eigenvalue weighted by Gasteiger charge is 2.01. The molecule has 0 fully saturated rings. The smallest absolute Gasteiger partial charge is 0.147 e. The Morgan fingerprint density at radius 2 is 2.20 bits per heavy atom. The molecule has 1 rings (SSSR count). The monoisotopic (exact) mass is 229 g/mol. The molecule has 0 atom stereocenters. The predicted octanol–water partition coefficient (Wildman–Crippen LogP) is 1.60. The molecule has 0 saturated heterocycles. The number of halogens is 1. The van der Waals surface area contributed by atoms with Crippen molar-refractivity contribution in [2.24, 2.45) is 0 Å². The fourth-order valence-electron chi connectivity index (χ4n) is 1.14. The maximum absolute atomic E-state index is 5.64. The SMILES string of the molecule is CCOCCN(C)Cc1cnc(Cl)cn1. The minimum Gasteiger partial charge on any atom is -0.380 e. The molecule has 84 valence electrons. The van der Waals surface area contributed by atoms with Crippen molar-refractivity contribution in [1.29, 1.82) is 0 Å². The first-order chi connectivity index (χ1) is 7.22. The zero-order valence-corrected chi connectivity index (χ0v) is 9.87. The van der Waals surface area contributed by atoms with Gasteiger partial charge in [0.25, 0.3) is 0 Å². The standard InChI is InChI=1S/C10H16ClN3O/c1-3-15-5-4-14(2)8-9-6-13-10(11)7-12-9/h6-7H,3-5,8H2,1-2H3. The number of nitrogens with zero attached hydrogens (tertiary/aromatic N) is 3. The van der Waals surface area contributed by atoms with Crippen molar-refractivity contribution in [2.45, 2.75) is 13.5 Å². The molecule has 0 bridgehead atoms. The minimum absolute atomic E-state index is 0.427. The number of ether oxygens (including phenoxy) is 1. The van der Waals surface area contributed by atoms with Gasteiger partial charge in [0.15, 0.2) is 0 Å². The van der Waals surface area contributed by atoms with Gasteiger partial charge in [-0.3, -0.25) is 9.88 Å². The molecular weight excluding hydrogens is 214 g/mol. The van der Waals surface area contributed by atoms with E-state index in [1.165, 1.54) is 0 Å². The normalized spacial score (nSPS) is 10.9. The molecule has 0 aliphatic rings. The molecular formula is C10H16ClN3O. The van der Waals surface area contributed by atoms with Crippen molar-refractivity contribution >= 4 is 11.6 Å². The lowest BCUT2D eigenvalue weighted by Crippen LogP contribution is -2.23. The van der Waals surface area contributed by atoms with Crippen LogP contribution in [-0.4, -0.2) is 41.7 Å². The van der Waals surface area contributed by atoms with Gasteiger partial charge in [0.05, 0.1) is 24.7 Å².